The Bertz CT molecular complexity index is 727. The molecule has 0 aliphatic heterocycles. The number of anilines is 1. The van der Waals surface area contributed by atoms with Crippen molar-refractivity contribution in [3.63, 3.8) is 0 Å². The van der Waals surface area contributed by atoms with Gasteiger partial charge in [-0.2, -0.15) is 0 Å². The van der Waals surface area contributed by atoms with Gasteiger partial charge in [0.05, 0.1) is 6.42 Å². The predicted octanol–water partition coefficient (Wildman–Crippen LogP) is 3.42. The topological polar surface area (TPSA) is 75.6 Å². The van der Waals surface area contributed by atoms with E-state index < -0.39 is 12.1 Å². The Kier molecular flexibility index (Phi) is 5.95. The quantitative estimate of drug-likeness (QED) is 0.817. The molecule has 5 heteroatoms. The number of para-hydroxylation sites is 2. The van der Waals surface area contributed by atoms with Crippen molar-refractivity contribution >= 4 is 17.6 Å². The number of carboxylic acids is 1. The molecule has 5 nitrogen and oxygen atoms in total. The zero-order valence-electron chi connectivity index (χ0n) is 13.8. The van der Waals surface area contributed by atoms with E-state index in [-0.39, 0.29) is 12.3 Å². The maximum absolute atomic E-state index is 12.5. The van der Waals surface area contributed by atoms with E-state index in [1.807, 2.05) is 38.1 Å². The Morgan fingerprint density at radius 1 is 1.12 bits per heavy atom. The molecule has 0 saturated heterocycles. The van der Waals surface area contributed by atoms with Crippen molar-refractivity contribution in [1.29, 1.82) is 0 Å². The number of benzene rings is 2. The van der Waals surface area contributed by atoms with Crippen LogP contribution in [-0.4, -0.2) is 23.1 Å². The van der Waals surface area contributed by atoms with E-state index in [2.05, 4.69) is 5.32 Å². The number of nitrogens with one attached hydrogen (secondary N) is 1. The van der Waals surface area contributed by atoms with Gasteiger partial charge in [-0.05, 0) is 36.6 Å². The molecular formula is C19H21NO4. The lowest BCUT2D eigenvalue weighted by Crippen LogP contribution is -2.33. The minimum absolute atomic E-state index is 0.147. The van der Waals surface area contributed by atoms with E-state index in [9.17, 15) is 9.59 Å². The highest BCUT2D eigenvalue weighted by atomic mass is 16.5. The fourth-order valence-electron chi connectivity index (χ4n) is 2.34. The summed E-state index contributed by atoms with van der Waals surface area (Å²) in [6.45, 7) is 3.79. The molecule has 24 heavy (non-hydrogen) atoms. The van der Waals surface area contributed by atoms with Gasteiger partial charge < -0.3 is 15.2 Å². The third-order valence-corrected chi connectivity index (χ3v) is 3.64. The molecule has 1 atom stereocenters. The van der Waals surface area contributed by atoms with Gasteiger partial charge in [0.2, 0.25) is 0 Å². The number of carboxylic acid groups (broad SMARTS) is 1. The second-order valence-electron chi connectivity index (χ2n) is 5.50. The van der Waals surface area contributed by atoms with Gasteiger partial charge in [0, 0.05) is 5.69 Å². The normalized spacial score (nSPS) is 11.6. The summed E-state index contributed by atoms with van der Waals surface area (Å²) >= 11 is 0. The van der Waals surface area contributed by atoms with Gasteiger partial charge >= 0.3 is 5.97 Å². The molecule has 0 aromatic heterocycles. The predicted molar refractivity (Wildman–Crippen MR) is 92.3 cm³/mol. The van der Waals surface area contributed by atoms with Crippen molar-refractivity contribution in [2.45, 2.75) is 32.8 Å². The second-order valence-corrected chi connectivity index (χ2v) is 5.50. The van der Waals surface area contributed by atoms with Crippen LogP contribution in [-0.2, 0) is 16.0 Å². The maximum Gasteiger partial charge on any atom is 0.307 e. The number of aryl methyl sites for hydroxylation is 1. The summed E-state index contributed by atoms with van der Waals surface area (Å²) in [5.41, 5.74) is 2.01. The van der Waals surface area contributed by atoms with Crippen molar-refractivity contribution in [2.24, 2.45) is 0 Å². The lowest BCUT2D eigenvalue weighted by atomic mass is 10.1. The van der Waals surface area contributed by atoms with E-state index in [4.69, 9.17) is 9.84 Å². The first-order valence-electron chi connectivity index (χ1n) is 7.84. The van der Waals surface area contributed by atoms with Gasteiger partial charge in [-0.15, -0.1) is 0 Å². The van der Waals surface area contributed by atoms with Crippen LogP contribution in [0.1, 0.15) is 24.5 Å². The molecule has 0 bridgehead atoms. The maximum atomic E-state index is 12.5. The minimum Gasteiger partial charge on any atom is -0.481 e. The van der Waals surface area contributed by atoms with Crippen LogP contribution < -0.4 is 10.1 Å². The SMILES string of the molecule is CCC(Oc1ccccc1C)C(=O)Nc1ccccc1CC(=O)O. The number of aliphatic carboxylic acids is 1. The van der Waals surface area contributed by atoms with E-state index in [0.717, 1.165) is 5.56 Å². The molecule has 0 saturated carbocycles. The first kappa shape index (κ1) is 17.5. The van der Waals surface area contributed by atoms with Gasteiger partial charge in [0.15, 0.2) is 6.10 Å². The molecule has 126 valence electrons. The van der Waals surface area contributed by atoms with Crippen molar-refractivity contribution in [2.75, 3.05) is 5.32 Å². The van der Waals surface area contributed by atoms with E-state index >= 15 is 0 Å². The monoisotopic (exact) mass is 327 g/mol. The molecule has 0 spiro atoms. The lowest BCUT2D eigenvalue weighted by molar-refractivity contribution is -0.136. The summed E-state index contributed by atoms with van der Waals surface area (Å²) in [6.07, 6.45) is -0.295. The standard InChI is InChI=1S/C19H21NO4/c1-3-16(24-17-11-7-4-8-13(17)2)19(23)20-15-10-6-5-9-14(15)12-18(21)22/h4-11,16H,3,12H2,1-2H3,(H,20,23)(H,21,22). The Morgan fingerprint density at radius 3 is 2.46 bits per heavy atom. The summed E-state index contributed by atoms with van der Waals surface area (Å²) in [5.74, 6) is -0.572. The van der Waals surface area contributed by atoms with Crippen LogP contribution in [0.15, 0.2) is 48.5 Å². The van der Waals surface area contributed by atoms with E-state index in [1.165, 1.54) is 0 Å². The average molecular weight is 327 g/mol. The van der Waals surface area contributed by atoms with Gasteiger partial charge in [-0.3, -0.25) is 9.59 Å². The Morgan fingerprint density at radius 2 is 1.79 bits per heavy atom. The highest BCUT2D eigenvalue weighted by Crippen LogP contribution is 2.21. The van der Waals surface area contributed by atoms with Crippen molar-refractivity contribution in [1.82, 2.24) is 0 Å². The van der Waals surface area contributed by atoms with Gasteiger partial charge in [-0.25, -0.2) is 0 Å². The summed E-state index contributed by atoms with van der Waals surface area (Å²) in [4.78, 5) is 23.5. The van der Waals surface area contributed by atoms with Gasteiger partial charge in [0.25, 0.3) is 5.91 Å². The summed E-state index contributed by atoms with van der Waals surface area (Å²) < 4.78 is 5.82. The molecule has 0 fully saturated rings. The number of amides is 1. The molecule has 0 aliphatic rings. The average Bonchev–Trinajstić information content (AvgIpc) is 2.55. The van der Waals surface area contributed by atoms with Crippen LogP contribution in [0.4, 0.5) is 5.69 Å². The van der Waals surface area contributed by atoms with Gasteiger partial charge in [-0.1, -0.05) is 43.3 Å². The van der Waals surface area contributed by atoms with Crippen LogP contribution in [0, 0.1) is 6.92 Å². The zero-order valence-corrected chi connectivity index (χ0v) is 13.8. The first-order valence-corrected chi connectivity index (χ1v) is 7.84. The second kappa shape index (κ2) is 8.15. The Balaban J connectivity index is 2.13. The highest BCUT2D eigenvalue weighted by Gasteiger charge is 2.20. The summed E-state index contributed by atoms with van der Waals surface area (Å²) in [6, 6.07) is 14.4. The molecule has 0 radical (unpaired) electrons. The largest absolute Gasteiger partial charge is 0.481 e. The van der Waals surface area contributed by atoms with Crippen LogP contribution >= 0.6 is 0 Å². The molecule has 0 aliphatic carbocycles. The summed E-state index contributed by atoms with van der Waals surface area (Å²) in [5, 5.41) is 11.7. The van der Waals surface area contributed by atoms with Crippen LogP contribution in [0.25, 0.3) is 0 Å². The molecule has 1 amide bonds. The third kappa shape index (κ3) is 4.59. The molecular weight excluding hydrogens is 306 g/mol. The molecule has 2 N–H and O–H groups in total. The Hall–Kier alpha value is -2.82. The third-order valence-electron chi connectivity index (χ3n) is 3.64. The van der Waals surface area contributed by atoms with E-state index in [0.29, 0.717) is 23.4 Å². The van der Waals surface area contributed by atoms with Gasteiger partial charge in [0.1, 0.15) is 5.75 Å². The number of carbonyl (C=O) groups is 2. The number of hydrogen-bond acceptors (Lipinski definition) is 3. The molecule has 1 unspecified atom stereocenters. The molecule has 2 rings (SSSR count). The molecule has 2 aromatic rings. The van der Waals surface area contributed by atoms with Crippen molar-refractivity contribution in [3.05, 3.63) is 59.7 Å². The Labute approximate surface area is 141 Å². The minimum atomic E-state index is -0.945. The first-order chi connectivity index (χ1) is 11.5. The molecule has 0 heterocycles. The number of rotatable bonds is 7. The zero-order chi connectivity index (χ0) is 17.5. The number of ether oxygens (including phenoxy) is 1. The van der Waals surface area contributed by atoms with Crippen LogP contribution in [0.3, 0.4) is 0 Å². The van der Waals surface area contributed by atoms with Crippen LogP contribution in [0.2, 0.25) is 0 Å². The smallest absolute Gasteiger partial charge is 0.307 e. The van der Waals surface area contributed by atoms with Crippen molar-refractivity contribution < 1.29 is 19.4 Å². The number of hydrogen-bond donors (Lipinski definition) is 2. The fraction of sp³-hybridized carbons (Fsp3) is 0.263. The van der Waals surface area contributed by atoms with Crippen molar-refractivity contribution in [3.8, 4) is 5.75 Å². The molecule has 2 aromatic carbocycles. The highest BCUT2D eigenvalue weighted by molar-refractivity contribution is 5.95. The number of carbonyl (C=O) groups excluding carboxylic acids is 1. The fourth-order valence-corrected chi connectivity index (χ4v) is 2.34. The van der Waals surface area contributed by atoms with Crippen LogP contribution in [0.5, 0.6) is 5.75 Å². The summed E-state index contributed by atoms with van der Waals surface area (Å²) in [7, 11) is 0. The van der Waals surface area contributed by atoms with E-state index in [1.54, 1.807) is 24.3 Å². The lowest BCUT2D eigenvalue weighted by Gasteiger charge is -2.19.